The van der Waals surface area contributed by atoms with Gasteiger partial charge in [-0.3, -0.25) is 0 Å². The van der Waals surface area contributed by atoms with Gasteiger partial charge in [0.05, 0.1) is 7.57 Å². The van der Waals surface area contributed by atoms with Gasteiger partial charge in [0, 0.05) is 75.5 Å². The van der Waals surface area contributed by atoms with Crippen molar-refractivity contribution < 1.29 is 75.0 Å². The number of rotatable bonds is 2. The van der Waals surface area contributed by atoms with Crippen LogP contribution in [0.2, 0.25) is 0 Å². The molecule has 4 aromatic rings. The Balaban J connectivity index is -0.000000152. The summed E-state index contributed by atoms with van der Waals surface area (Å²) in [7, 11) is 0. The molecule has 0 saturated carbocycles. The van der Waals surface area contributed by atoms with Gasteiger partial charge in [0.2, 0.25) is 0 Å². The molecule has 2 nitrogen and oxygen atoms in total. The summed E-state index contributed by atoms with van der Waals surface area (Å²) in [6.45, 7) is 0. The zero-order valence-electron chi connectivity index (χ0n) is 15.8. The zero-order valence-corrected chi connectivity index (χ0v) is 42.3. The van der Waals surface area contributed by atoms with Crippen LogP contribution in [0.25, 0.3) is 0 Å². The topological polar surface area (TPSA) is 34.1 Å². The van der Waals surface area contributed by atoms with E-state index in [4.69, 9.17) is 0 Å². The Morgan fingerprint density at radius 2 is 1.26 bits per heavy atom. The average molecular weight is 1340 g/mol. The first kappa shape index (κ1) is 38.1. The van der Waals surface area contributed by atoms with Crippen molar-refractivity contribution in [3.05, 3.63) is 85.8 Å². The molecule has 2 radical (unpaired) electrons. The van der Waals surface area contributed by atoms with E-state index in [0.717, 1.165) is 3.79 Å². The average Bonchev–Trinajstić information content (AvgIpc) is 3.46. The van der Waals surface area contributed by atoms with Gasteiger partial charge in [-0.1, -0.05) is 6.29 Å². The maximum Gasteiger partial charge on any atom is 0.0710 e. The molecular weight excluding hydrogens is 1330 g/mol. The standard InChI is InChI=1S/C5H2BrOS.C5H2OS.C4H2Br2S.C4H3S.2Rf.2Y/c6-5-2-1-4(3-7)8-5;6-4-5-2-1-3-7-5;5-3-1-2-4(6)7-3;1-2-4-5-3-1;;;;/h1-2H;2*1-2H;1-3H;;;;/q-1;-2;;-1;;;;. The van der Waals surface area contributed by atoms with Gasteiger partial charge in [0.25, 0.3) is 0 Å². The summed E-state index contributed by atoms with van der Waals surface area (Å²) >= 11 is 15.8. The molecule has 4 heterocycles. The summed E-state index contributed by atoms with van der Waals surface area (Å²) in [6, 6.07) is 14.8. The number of hydrogen-bond donors (Lipinski definition) is 0. The van der Waals surface area contributed by atoms with Crippen molar-refractivity contribution >= 4 is 106 Å². The van der Waals surface area contributed by atoms with Crippen molar-refractivity contribution in [2.75, 3.05) is 0 Å². The van der Waals surface area contributed by atoms with E-state index in [-0.39, 0.29) is 65.4 Å². The molecule has 0 bridgehead atoms. The molecule has 4 aromatic heterocycles. The number of thiophene rings is 4. The summed E-state index contributed by atoms with van der Waals surface area (Å²) in [5.41, 5.74) is 0. The second-order valence-electron chi connectivity index (χ2n) is 4.00. The SMILES string of the molecule is Brc1ccc(Br)s1.O=[C-]c1cc[c-]s1.O=[C-]c1ccc(Br)s1.[Rf].[Rf].[Y].[Y].[c-]1cccs1. The number of hydrogen-bond acceptors (Lipinski definition) is 6. The molecular formula is C18H9Br3O2Rf2S4Y2-4. The first-order valence-electron chi connectivity index (χ1n) is 6.83. The fourth-order valence-corrected chi connectivity index (χ4v) is 5.59. The summed E-state index contributed by atoms with van der Waals surface area (Å²) < 4.78 is 3.30. The van der Waals surface area contributed by atoms with Crippen LogP contribution >= 0.6 is 93.1 Å². The van der Waals surface area contributed by atoms with Crippen LogP contribution in [-0.2, 0) is 75.0 Å². The Labute approximate surface area is 262 Å². The second-order valence-corrected chi connectivity index (χ2v) is 11.9. The van der Waals surface area contributed by atoms with Crippen LogP contribution in [0, 0.1) is 10.8 Å². The largest absolute Gasteiger partial charge is 0.432 e. The van der Waals surface area contributed by atoms with Gasteiger partial charge in [-0.05, 0) is 59.9 Å². The zero-order chi connectivity index (χ0) is 19.9. The van der Waals surface area contributed by atoms with E-state index in [2.05, 4.69) is 58.5 Å². The monoisotopic (exact) mass is 1330 g/mol. The smallest absolute Gasteiger partial charge is 0.0710 e. The van der Waals surface area contributed by atoms with Gasteiger partial charge >= 0.3 is 0 Å². The molecule has 0 aliphatic carbocycles. The van der Waals surface area contributed by atoms with Crippen molar-refractivity contribution in [2.45, 2.75) is 0 Å². The third kappa shape index (κ3) is 20.1. The van der Waals surface area contributed by atoms with E-state index < -0.39 is 0 Å². The minimum atomic E-state index is 0. The van der Waals surface area contributed by atoms with Crippen LogP contribution < -0.4 is 0 Å². The fourth-order valence-electron chi connectivity index (χ4n) is 1.15. The van der Waals surface area contributed by atoms with E-state index in [0.29, 0.717) is 9.75 Å². The van der Waals surface area contributed by atoms with E-state index in [1.54, 1.807) is 53.4 Å². The van der Waals surface area contributed by atoms with E-state index >= 15 is 0 Å². The Hall–Kier alpha value is -0.212. The molecule has 0 atom stereocenters. The Morgan fingerprint density at radius 3 is 1.45 bits per heavy atom. The summed E-state index contributed by atoms with van der Waals surface area (Å²) in [4.78, 5) is 20.9. The van der Waals surface area contributed by atoms with Gasteiger partial charge in [0.15, 0.2) is 0 Å². The van der Waals surface area contributed by atoms with Crippen LogP contribution in [0.4, 0.5) is 0 Å². The first-order valence-corrected chi connectivity index (χ1v) is 12.5. The maximum atomic E-state index is 9.88. The molecule has 0 N–H and O–H groups in total. The van der Waals surface area contributed by atoms with Crippen LogP contribution in [0.15, 0.2) is 65.3 Å². The fraction of sp³-hybridized carbons (Fsp3) is 0. The van der Waals surface area contributed by atoms with Gasteiger partial charge in [-0.2, -0.15) is 39.8 Å². The second kappa shape index (κ2) is 24.4. The molecule has 0 saturated heterocycles. The van der Waals surface area contributed by atoms with Gasteiger partial charge in [0.1, 0.15) is 0 Å². The molecule has 0 aromatic carbocycles. The Kier molecular flexibility index (Phi) is 30.0. The Morgan fingerprint density at radius 1 is 0.710 bits per heavy atom. The van der Waals surface area contributed by atoms with Crippen molar-refractivity contribution in [1.82, 2.24) is 0 Å². The van der Waals surface area contributed by atoms with E-state index in [9.17, 15) is 9.59 Å². The van der Waals surface area contributed by atoms with Gasteiger partial charge < -0.3 is 32.3 Å². The number of carbonyl (C=O) groups excluding carboxylic acids is 2. The van der Waals surface area contributed by atoms with Crippen LogP contribution in [-0.4, -0.2) is 12.6 Å². The molecule has 0 spiro atoms. The molecule has 0 unspecified atom stereocenters. The Bertz CT molecular complexity index is 856. The molecule has 13 heteroatoms. The van der Waals surface area contributed by atoms with Crippen LogP contribution in [0.1, 0.15) is 9.75 Å². The maximum absolute atomic E-state index is 9.88. The predicted octanol–water partition coefficient (Wildman–Crippen LogP) is 7.79. The minimum Gasteiger partial charge on any atom is -0.432 e. The van der Waals surface area contributed by atoms with E-state index in [1.807, 2.05) is 35.7 Å². The molecule has 0 aliphatic rings. The van der Waals surface area contributed by atoms with Gasteiger partial charge in [-0.15, -0.1) is 33.0 Å². The van der Waals surface area contributed by atoms with Crippen molar-refractivity contribution in [1.29, 1.82) is 0 Å². The first-order chi connectivity index (χ1) is 13.0. The molecule has 152 valence electrons. The minimum absolute atomic E-state index is 0. The third-order valence-electron chi connectivity index (χ3n) is 2.17. The van der Waals surface area contributed by atoms with Crippen molar-refractivity contribution in [3.63, 3.8) is 0 Å². The predicted molar refractivity (Wildman–Crippen MR) is 128 cm³/mol. The number of halogens is 3. The summed E-state index contributed by atoms with van der Waals surface area (Å²) in [5.74, 6) is 0. The molecule has 0 amide bonds. The third-order valence-corrected chi connectivity index (χ3v) is 7.11. The van der Waals surface area contributed by atoms with Crippen LogP contribution in [0.3, 0.4) is 0 Å². The molecule has 31 heavy (non-hydrogen) atoms. The normalized spacial score (nSPS) is 7.71. The quantitative estimate of drug-likeness (QED) is 0.193. The summed E-state index contributed by atoms with van der Waals surface area (Å²) in [5, 5.41) is 7.65. The summed E-state index contributed by atoms with van der Waals surface area (Å²) in [6.07, 6.45) is 3.53. The van der Waals surface area contributed by atoms with E-state index in [1.165, 1.54) is 30.2 Å². The van der Waals surface area contributed by atoms with Gasteiger partial charge in [-0.25, -0.2) is 12.1 Å². The molecule has 0 fully saturated rings. The van der Waals surface area contributed by atoms with Crippen molar-refractivity contribution in [2.24, 2.45) is 0 Å². The molecule has 0 aliphatic heterocycles. The molecule has 4 rings (SSSR count). The van der Waals surface area contributed by atoms with Crippen molar-refractivity contribution in [3.8, 4) is 0 Å². The van der Waals surface area contributed by atoms with Crippen LogP contribution in [0.5, 0.6) is 0 Å².